The molecule has 19 heavy (non-hydrogen) atoms. The van der Waals surface area contributed by atoms with Crippen LogP contribution in [0.3, 0.4) is 0 Å². The van der Waals surface area contributed by atoms with E-state index in [9.17, 15) is 4.79 Å². The predicted molar refractivity (Wildman–Crippen MR) is 70.8 cm³/mol. The highest BCUT2D eigenvalue weighted by molar-refractivity contribution is 5.73. The number of nitrogens with one attached hydrogen (secondary N) is 1. The Hall–Kier alpha value is -2.63. The molecule has 0 saturated carbocycles. The Bertz CT molecular complexity index is 804. The summed E-state index contributed by atoms with van der Waals surface area (Å²) in [6.45, 7) is 1.77. The molecular weight excluding hydrogens is 244 g/mol. The van der Waals surface area contributed by atoms with Gasteiger partial charge in [0, 0.05) is 0 Å². The van der Waals surface area contributed by atoms with Gasteiger partial charge in [0.25, 0.3) is 5.56 Å². The van der Waals surface area contributed by atoms with Crippen molar-refractivity contribution in [1.29, 1.82) is 0 Å². The third-order valence-corrected chi connectivity index (χ3v) is 2.98. The van der Waals surface area contributed by atoms with Gasteiger partial charge in [0.1, 0.15) is 17.0 Å². The van der Waals surface area contributed by atoms with E-state index in [-0.39, 0.29) is 5.56 Å². The Morgan fingerprint density at radius 1 is 1.32 bits per heavy atom. The average molecular weight is 256 g/mol. The summed E-state index contributed by atoms with van der Waals surface area (Å²) in [7, 11) is 1.57. The van der Waals surface area contributed by atoms with Gasteiger partial charge in [-0.1, -0.05) is 12.1 Å². The average Bonchev–Trinajstić information content (AvgIpc) is 2.87. The molecule has 6 heteroatoms. The molecule has 6 nitrogen and oxygen atoms in total. The lowest BCUT2D eigenvalue weighted by Gasteiger charge is -2.12. The molecule has 0 spiro atoms. The topological polar surface area (TPSA) is 72.8 Å². The number of rotatable bonds is 2. The van der Waals surface area contributed by atoms with Crippen molar-refractivity contribution in [2.24, 2.45) is 0 Å². The number of methoxy groups -OCH3 is 1. The molecule has 96 valence electrons. The van der Waals surface area contributed by atoms with E-state index < -0.39 is 0 Å². The molecule has 0 radical (unpaired) electrons. The molecule has 2 aromatic heterocycles. The molecule has 3 rings (SSSR count). The van der Waals surface area contributed by atoms with Crippen molar-refractivity contribution in [3.63, 3.8) is 0 Å². The molecule has 0 saturated heterocycles. The second-order valence-electron chi connectivity index (χ2n) is 4.10. The monoisotopic (exact) mass is 256 g/mol. The second-order valence-corrected chi connectivity index (χ2v) is 4.10. The van der Waals surface area contributed by atoms with E-state index in [1.165, 1.54) is 10.8 Å². The molecule has 1 N–H and O–H groups in total. The quantitative estimate of drug-likeness (QED) is 0.752. The molecule has 0 aliphatic carbocycles. The maximum Gasteiger partial charge on any atom is 0.269 e. The molecule has 0 aliphatic heterocycles. The second kappa shape index (κ2) is 4.24. The van der Waals surface area contributed by atoms with Gasteiger partial charge in [-0.3, -0.25) is 14.5 Å². The van der Waals surface area contributed by atoms with Crippen LogP contribution in [0.1, 0.15) is 5.82 Å². The van der Waals surface area contributed by atoms with Crippen molar-refractivity contribution in [3.8, 4) is 11.4 Å². The summed E-state index contributed by atoms with van der Waals surface area (Å²) in [5.41, 5.74) is 0.998. The van der Waals surface area contributed by atoms with Crippen LogP contribution in [0.15, 0.2) is 35.3 Å². The third-order valence-electron chi connectivity index (χ3n) is 2.98. The van der Waals surface area contributed by atoms with Gasteiger partial charge in [-0.25, -0.2) is 4.98 Å². The van der Waals surface area contributed by atoms with Gasteiger partial charge in [-0.05, 0) is 19.1 Å². The van der Waals surface area contributed by atoms with Crippen LogP contribution in [0.4, 0.5) is 0 Å². The zero-order valence-electron chi connectivity index (χ0n) is 10.5. The maximum absolute atomic E-state index is 12.5. The van der Waals surface area contributed by atoms with Crippen LogP contribution in [0.2, 0.25) is 0 Å². The minimum Gasteiger partial charge on any atom is -0.495 e. The smallest absolute Gasteiger partial charge is 0.269 e. The summed E-state index contributed by atoms with van der Waals surface area (Å²) in [5, 5.41) is 7.01. The minimum atomic E-state index is -0.166. The van der Waals surface area contributed by atoms with E-state index in [2.05, 4.69) is 15.2 Å². The van der Waals surface area contributed by atoms with E-state index in [4.69, 9.17) is 4.74 Å². The zero-order valence-corrected chi connectivity index (χ0v) is 10.5. The lowest BCUT2D eigenvalue weighted by Crippen LogP contribution is -2.22. The molecule has 0 amide bonds. The Morgan fingerprint density at radius 2 is 2.11 bits per heavy atom. The van der Waals surface area contributed by atoms with Crippen molar-refractivity contribution in [1.82, 2.24) is 19.7 Å². The van der Waals surface area contributed by atoms with Crippen molar-refractivity contribution in [2.75, 3.05) is 7.11 Å². The number of para-hydroxylation sites is 2. The van der Waals surface area contributed by atoms with Gasteiger partial charge in [-0.15, -0.1) is 0 Å². The van der Waals surface area contributed by atoms with Gasteiger partial charge < -0.3 is 4.74 Å². The largest absolute Gasteiger partial charge is 0.495 e. The van der Waals surface area contributed by atoms with Crippen LogP contribution in [0.25, 0.3) is 16.7 Å². The Kier molecular flexibility index (Phi) is 2.56. The number of hydrogen-bond acceptors (Lipinski definition) is 4. The number of benzene rings is 1. The summed E-state index contributed by atoms with van der Waals surface area (Å²) >= 11 is 0. The van der Waals surface area contributed by atoms with Crippen LogP contribution in [-0.2, 0) is 0 Å². The molecule has 0 unspecified atom stereocenters. The van der Waals surface area contributed by atoms with Crippen molar-refractivity contribution < 1.29 is 4.74 Å². The highest BCUT2D eigenvalue weighted by Gasteiger charge is 2.13. The molecule has 1 aromatic carbocycles. The summed E-state index contributed by atoms with van der Waals surface area (Å²) < 4.78 is 6.82. The minimum absolute atomic E-state index is 0.166. The normalized spacial score (nSPS) is 10.8. The lowest BCUT2D eigenvalue weighted by atomic mass is 10.2. The van der Waals surface area contributed by atoms with Crippen molar-refractivity contribution in [3.05, 3.63) is 46.6 Å². The molecule has 0 aliphatic rings. The van der Waals surface area contributed by atoms with Crippen LogP contribution >= 0.6 is 0 Å². The summed E-state index contributed by atoms with van der Waals surface area (Å²) in [6, 6.07) is 7.33. The molecule has 3 aromatic rings. The van der Waals surface area contributed by atoms with Gasteiger partial charge >= 0.3 is 0 Å². The van der Waals surface area contributed by atoms with E-state index in [0.717, 1.165) is 0 Å². The number of fused-ring (bicyclic) bond motifs is 1. The van der Waals surface area contributed by atoms with E-state index in [0.29, 0.717) is 28.3 Å². The number of hydrogen-bond donors (Lipinski definition) is 1. The van der Waals surface area contributed by atoms with E-state index in [1.807, 2.05) is 18.2 Å². The lowest BCUT2D eigenvalue weighted by molar-refractivity contribution is 0.412. The first-order valence-corrected chi connectivity index (χ1v) is 5.78. The van der Waals surface area contributed by atoms with Crippen molar-refractivity contribution in [2.45, 2.75) is 6.92 Å². The van der Waals surface area contributed by atoms with Crippen LogP contribution in [0.5, 0.6) is 5.75 Å². The fourth-order valence-corrected chi connectivity index (χ4v) is 2.10. The number of nitrogens with zero attached hydrogens (tertiary/aromatic N) is 3. The van der Waals surface area contributed by atoms with E-state index in [1.54, 1.807) is 20.1 Å². The molecular formula is C13H12N4O2. The highest BCUT2D eigenvalue weighted by Crippen LogP contribution is 2.22. The Balaban J connectivity index is 2.39. The standard InChI is InChI=1S/C13H12N4O2/c1-8-15-12-9(7-14-16-12)13(18)17(8)10-5-3-4-6-11(10)19-2/h3-7H,1-2H3,(H,14,16). The van der Waals surface area contributed by atoms with Gasteiger partial charge in [0.05, 0.1) is 19.0 Å². The summed E-state index contributed by atoms with van der Waals surface area (Å²) in [5.74, 6) is 1.20. The number of H-pyrrole nitrogens is 1. The van der Waals surface area contributed by atoms with Crippen LogP contribution in [0, 0.1) is 6.92 Å². The SMILES string of the molecule is COc1ccccc1-n1c(C)nc2[nH]ncc2c1=O. The van der Waals surface area contributed by atoms with E-state index >= 15 is 0 Å². The Labute approximate surface area is 108 Å². The number of aromatic nitrogens is 4. The maximum atomic E-state index is 12.5. The van der Waals surface area contributed by atoms with Gasteiger partial charge in [-0.2, -0.15) is 5.10 Å². The van der Waals surface area contributed by atoms with Crippen molar-refractivity contribution >= 4 is 11.0 Å². The summed E-state index contributed by atoms with van der Waals surface area (Å²) in [6.07, 6.45) is 1.48. The first kappa shape index (κ1) is 11.5. The molecule has 0 fully saturated rings. The van der Waals surface area contributed by atoms with Gasteiger partial charge in [0.2, 0.25) is 0 Å². The molecule has 0 atom stereocenters. The molecule has 0 bridgehead atoms. The number of aromatic amines is 1. The predicted octanol–water partition coefficient (Wildman–Crippen LogP) is 1.43. The highest BCUT2D eigenvalue weighted by atomic mass is 16.5. The van der Waals surface area contributed by atoms with Crippen LogP contribution in [-0.4, -0.2) is 26.9 Å². The number of aryl methyl sites for hydroxylation is 1. The fraction of sp³-hybridized carbons (Fsp3) is 0.154. The fourth-order valence-electron chi connectivity index (χ4n) is 2.10. The van der Waals surface area contributed by atoms with Crippen LogP contribution < -0.4 is 10.3 Å². The summed E-state index contributed by atoms with van der Waals surface area (Å²) in [4.78, 5) is 16.8. The number of ether oxygens (including phenoxy) is 1. The van der Waals surface area contributed by atoms with Gasteiger partial charge in [0.15, 0.2) is 5.65 Å². The Morgan fingerprint density at radius 3 is 2.89 bits per heavy atom. The molecule has 2 heterocycles. The first-order valence-electron chi connectivity index (χ1n) is 5.78. The first-order chi connectivity index (χ1) is 9.22. The zero-order chi connectivity index (χ0) is 13.4. The third kappa shape index (κ3) is 1.69.